The molecule has 0 bridgehead atoms. The molecular formula is C14H19BrF3N3O2. The van der Waals surface area contributed by atoms with E-state index in [0.29, 0.717) is 6.61 Å². The molecule has 0 saturated carbocycles. The lowest BCUT2D eigenvalue weighted by molar-refractivity contribution is -0.142. The highest BCUT2D eigenvalue weighted by Gasteiger charge is 2.39. The first kappa shape index (κ1) is 18.3. The highest BCUT2D eigenvalue weighted by atomic mass is 79.9. The topological polar surface area (TPSA) is 56.2 Å². The lowest BCUT2D eigenvalue weighted by Gasteiger charge is -2.22. The van der Waals surface area contributed by atoms with Gasteiger partial charge < -0.3 is 10.1 Å². The Balaban J connectivity index is 2.13. The SMILES string of the molecule is Cc1c(Br)c(C(F)(F)F)nn1[C@H](C)C(=O)N[C@H](C)[C@H]1CCCO1. The molecule has 9 heteroatoms. The van der Waals surface area contributed by atoms with Crippen LogP contribution in [0.15, 0.2) is 4.47 Å². The number of nitrogens with one attached hydrogen (secondary N) is 1. The molecule has 1 fully saturated rings. The number of aromatic nitrogens is 2. The summed E-state index contributed by atoms with van der Waals surface area (Å²) in [4.78, 5) is 12.3. The Hall–Kier alpha value is -1.09. The van der Waals surface area contributed by atoms with E-state index in [2.05, 4.69) is 26.3 Å². The number of alkyl halides is 3. The van der Waals surface area contributed by atoms with Gasteiger partial charge >= 0.3 is 6.18 Å². The second-order valence-corrected chi connectivity index (χ2v) is 6.51. The number of carbonyl (C=O) groups is 1. The van der Waals surface area contributed by atoms with E-state index < -0.39 is 17.9 Å². The molecule has 0 aliphatic carbocycles. The van der Waals surface area contributed by atoms with Gasteiger partial charge in [0, 0.05) is 6.61 Å². The fraction of sp³-hybridized carbons (Fsp3) is 0.714. The van der Waals surface area contributed by atoms with E-state index in [1.54, 1.807) is 0 Å². The van der Waals surface area contributed by atoms with Gasteiger partial charge in [-0.2, -0.15) is 18.3 Å². The van der Waals surface area contributed by atoms with Crippen LogP contribution in [0.25, 0.3) is 0 Å². The van der Waals surface area contributed by atoms with Gasteiger partial charge in [-0.15, -0.1) is 0 Å². The van der Waals surface area contributed by atoms with Crippen molar-refractivity contribution in [1.29, 1.82) is 0 Å². The van der Waals surface area contributed by atoms with Crippen molar-refractivity contribution in [3.05, 3.63) is 15.9 Å². The first-order chi connectivity index (χ1) is 10.6. The van der Waals surface area contributed by atoms with Crippen LogP contribution in [0.4, 0.5) is 13.2 Å². The molecule has 1 aromatic heterocycles. The maximum atomic E-state index is 12.9. The molecular weight excluding hydrogens is 379 g/mol. The van der Waals surface area contributed by atoms with Crippen LogP contribution < -0.4 is 5.32 Å². The van der Waals surface area contributed by atoms with Gasteiger partial charge in [-0.05, 0) is 49.5 Å². The average molecular weight is 398 g/mol. The zero-order valence-corrected chi connectivity index (χ0v) is 14.7. The average Bonchev–Trinajstić information content (AvgIpc) is 3.07. The van der Waals surface area contributed by atoms with Crippen LogP contribution in [-0.2, 0) is 15.7 Å². The van der Waals surface area contributed by atoms with E-state index in [9.17, 15) is 18.0 Å². The predicted octanol–water partition coefficient (Wildman–Crippen LogP) is 3.22. The van der Waals surface area contributed by atoms with Gasteiger partial charge in [0.1, 0.15) is 6.04 Å². The second-order valence-electron chi connectivity index (χ2n) is 5.72. The Morgan fingerprint density at radius 3 is 2.61 bits per heavy atom. The third-order valence-electron chi connectivity index (χ3n) is 3.98. The molecule has 130 valence electrons. The van der Waals surface area contributed by atoms with Gasteiger partial charge in [0.25, 0.3) is 0 Å². The summed E-state index contributed by atoms with van der Waals surface area (Å²) < 4.78 is 45.1. The van der Waals surface area contributed by atoms with Gasteiger partial charge in [-0.25, -0.2) is 0 Å². The van der Waals surface area contributed by atoms with Crippen molar-refractivity contribution in [2.75, 3.05) is 6.61 Å². The Bertz CT molecular complexity index is 583. The van der Waals surface area contributed by atoms with E-state index in [4.69, 9.17) is 4.74 Å². The minimum Gasteiger partial charge on any atom is -0.376 e. The number of ether oxygens (including phenoxy) is 1. The van der Waals surface area contributed by atoms with Crippen LogP contribution in [0.2, 0.25) is 0 Å². The molecule has 0 aromatic carbocycles. The van der Waals surface area contributed by atoms with Crippen LogP contribution in [0, 0.1) is 6.92 Å². The van der Waals surface area contributed by atoms with Gasteiger partial charge in [-0.3, -0.25) is 9.48 Å². The van der Waals surface area contributed by atoms with E-state index in [1.165, 1.54) is 13.8 Å². The van der Waals surface area contributed by atoms with Crippen LogP contribution in [0.5, 0.6) is 0 Å². The second kappa shape index (κ2) is 6.80. The predicted molar refractivity (Wildman–Crippen MR) is 81.0 cm³/mol. The molecule has 1 amide bonds. The van der Waals surface area contributed by atoms with Crippen molar-refractivity contribution < 1.29 is 22.7 Å². The number of amides is 1. The number of carbonyl (C=O) groups excluding carboxylic acids is 1. The Morgan fingerprint density at radius 2 is 2.13 bits per heavy atom. The number of hydrogen-bond acceptors (Lipinski definition) is 3. The van der Waals surface area contributed by atoms with Crippen LogP contribution in [0.1, 0.15) is 44.1 Å². The van der Waals surface area contributed by atoms with Crippen molar-refractivity contribution in [2.45, 2.75) is 58.0 Å². The van der Waals surface area contributed by atoms with Crippen LogP contribution >= 0.6 is 15.9 Å². The summed E-state index contributed by atoms with van der Waals surface area (Å²) in [6, 6.07) is -1.06. The summed E-state index contributed by atoms with van der Waals surface area (Å²) in [7, 11) is 0. The number of nitrogens with zero attached hydrogens (tertiary/aromatic N) is 2. The number of halogens is 4. The lowest BCUT2D eigenvalue weighted by Crippen LogP contribution is -2.43. The summed E-state index contributed by atoms with van der Waals surface area (Å²) in [5.74, 6) is -0.389. The van der Waals surface area contributed by atoms with E-state index in [1.807, 2.05) is 6.92 Å². The Labute approximate surface area is 140 Å². The van der Waals surface area contributed by atoms with E-state index in [0.717, 1.165) is 17.5 Å². The summed E-state index contributed by atoms with van der Waals surface area (Å²) >= 11 is 2.90. The third-order valence-corrected chi connectivity index (χ3v) is 4.93. The smallest absolute Gasteiger partial charge is 0.376 e. The van der Waals surface area contributed by atoms with Crippen LogP contribution in [0.3, 0.4) is 0 Å². The maximum Gasteiger partial charge on any atom is 0.436 e. The molecule has 1 saturated heterocycles. The van der Waals surface area contributed by atoms with Gasteiger partial charge in [0.05, 0.1) is 22.3 Å². The van der Waals surface area contributed by atoms with Gasteiger partial charge in [0.15, 0.2) is 5.69 Å². The van der Waals surface area contributed by atoms with Crippen molar-refractivity contribution in [1.82, 2.24) is 15.1 Å². The summed E-state index contributed by atoms with van der Waals surface area (Å²) in [5, 5.41) is 6.35. The standard InChI is InChI=1S/C14H19BrF3N3O2/c1-7(10-5-4-6-23-10)19-13(22)9(3)21-8(2)11(15)12(20-21)14(16,17)18/h7,9-10H,4-6H2,1-3H3,(H,19,22)/t7-,9-,10-/m1/s1. The van der Waals surface area contributed by atoms with Crippen molar-refractivity contribution in [2.24, 2.45) is 0 Å². The first-order valence-electron chi connectivity index (χ1n) is 7.36. The fourth-order valence-electron chi connectivity index (χ4n) is 2.60. The zero-order chi connectivity index (χ0) is 17.4. The molecule has 1 aromatic rings. The van der Waals surface area contributed by atoms with Crippen molar-refractivity contribution in [3.63, 3.8) is 0 Å². The molecule has 0 unspecified atom stereocenters. The molecule has 2 heterocycles. The minimum absolute atomic E-state index is 0.0534. The molecule has 1 aliphatic rings. The van der Waals surface area contributed by atoms with Crippen LogP contribution in [-0.4, -0.2) is 34.4 Å². The molecule has 0 spiro atoms. The number of rotatable bonds is 4. The van der Waals surface area contributed by atoms with Crippen molar-refractivity contribution in [3.8, 4) is 0 Å². The van der Waals surface area contributed by atoms with Gasteiger partial charge in [-0.1, -0.05) is 0 Å². The highest BCUT2D eigenvalue weighted by molar-refractivity contribution is 9.10. The fourth-order valence-corrected chi connectivity index (χ4v) is 3.09. The first-order valence-corrected chi connectivity index (χ1v) is 8.16. The zero-order valence-electron chi connectivity index (χ0n) is 13.1. The van der Waals surface area contributed by atoms with Gasteiger partial charge in [0.2, 0.25) is 5.91 Å². The largest absolute Gasteiger partial charge is 0.436 e. The molecule has 1 aliphatic heterocycles. The summed E-state index contributed by atoms with van der Waals surface area (Å²) in [6.07, 6.45) is -2.82. The molecule has 0 radical (unpaired) electrons. The molecule has 23 heavy (non-hydrogen) atoms. The van der Waals surface area contributed by atoms with E-state index in [-0.39, 0.29) is 28.2 Å². The molecule has 5 nitrogen and oxygen atoms in total. The molecule has 3 atom stereocenters. The van der Waals surface area contributed by atoms with Crippen molar-refractivity contribution >= 4 is 21.8 Å². The maximum absolute atomic E-state index is 12.9. The Morgan fingerprint density at radius 1 is 1.48 bits per heavy atom. The lowest BCUT2D eigenvalue weighted by atomic mass is 10.1. The molecule has 1 N–H and O–H groups in total. The number of hydrogen-bond donors (Lipinski definition) is 1. The Kier molecular flexibility index (Phi) is 5.40. The minimum atomic E-state index is -4.57. The highest BCUT2D eigenvalue weighted by Crippen LogP contribution is 2.36. The normalized spacial score (nSPS) is 21.3. The quantitative estimate of drug-likeness (QED) is 0.848. The van der Waals surface area contributed by atoms with E-state index >= 15 is 0 Å². The molecule has 2 rings (SSSR count). The monoisotopic (exact) mass is 397 g/mol. The summed E-state index contributed by atoms with van der Waals surface area (Å²) in [6.45, 7) is 5.50. The third kappa shape index (κ3) is 3.88. The summed E-state index contributed by atoms with van der Waals surface area (Å²) in [5.41, 5.74) is -0.772.